The summed E-state index contributed by atoms with van der Waals surface area (Å²) in [5, 5.41) is 3.47. The summed E-state index contributed by atoms with van der Waals surface area (Å²) in [6, 6.07) is 6.03. The SMILES string of the molecule is CC.CNC(=O)CC(c1cc(Cl)ccc1C)N1CCN(C)CC1. The van der Waals surface area contributed by atoms with E-state index in [1.165, 1.54) is 5.56 Å². The van der Waals surface area contributed by atoms with Gasteiger partial charge in [0.25, 0.3) is 0 Å². The minimum atomic E-state index is 0.0679. The number of nitrogens with one attached hydrogen (secondary N) is 1. The summed E-state index contributed by atoms with van der Waals surface area (Å²) in [7, 11) is 3.82. The van der Waals surface area contributed by atoms with Crippen molar-refractivity contribution in [1.82, 2.24) is 15.1 Å². The Morgan fingerprint density at radius 2 is 1.87 bits per heavy atom. The van der Waals surface area contributed by atoms with Crippen LogP contribution in [0.4, 0.5) is 0 Å². The number of hydrogen-bond acceptors (Lipinski definition) is 3. The van der Waals surface area contributed by atoms with Crippen LogP contribution in [-0.2, 0) is 4.79 Å². The highest BCUT2D eigenvalue weighted by Gasteiger charge is 2.27. The molecule has 0 saturated carbocycles. The molecule has 23 heavy (non-hydrogen) atoms. The predicted molar refractivity (Wildman–Crippen MR) is 98.0 cm³/mol. The van der Waals surface area contributed by atoms with E-state index >= 15 is 0 Å². The van der Waals surface area contributed by atoms with Crippen LogP contribution in [0.15, 0.2) is 18.2 Å². The first-order chi connectivity index (χ1) is 11.0. The summed E-state index contributed by atoms with van der Waals surface area (Å²) in [5.41, 5.74) is 2.35. The minimum Gasteiger partial charge on any atom is -0.359 e. The van der Waals surface area contributed by atoms with Gasteiger partial charge in [-0.3, -0.25) is 9.69 Å². The fourth-order valence-corrected chi connectivity index (χ4v) is 3.00. The van der Waals surface area contributed by atoms with E-state index in [0.29, 0.717) is 6.42 Å². The molecule has 1 aromatic carbocycles. The van der Waals surface area contributed by atoms with E-state index in [2.05, 4.69) is 29.1 Å². The van der Waals surface area contributed by atoms with Crippen LogP contribution >= 0.6 is 11.6 Å². The van der Waals surface area contributed by atoms with Crippen molar-refractivity contribution in [2.45, 2.75) is 33.2 Å². The Labute approximate surface area is 145 Å². The van der Waals surface area contributed by atoms with E-state index in [4.69, 9.17) is 11.6 Å². The molecule has 1 aliphatic rings. The highest BCUT2D eigenvalue weighted by Crippen LogP contribution is 2.30. The fourth-order valence-electron chi connectivity index (χ4n) is 2.82. The largest absolute Gasteiger partial charge is 0.359 e. The first-order valence-electron chi connectivity index (χ1n) is 8.40. The first-order valence-corrected chi connectivity index (χ1v) is 8.78. The minimum absolute atomic E-state index is 0.0679. The molecule has 1 N–H and O–H groups in total. The molecule has 1 saturated heterocycles. The number of amides is 1. The quantitative estimate of drug-likeness (QED) is 0.915. The van der Waals surface area contributed by atoms with Gasteiger partial charge < -0.3 is 10.2 Å². The van der Waals surface area contributed by atoms with Crippen LogP contribution in [0.3, 0.4) is 0 Å². The number of carbonyl (C=O) groups excluding carboxylic acids is 1. The Morgan fingerprint density at radius 1 is 1.26 bits per heavy atom. The zero-order valence-electron chi connectivity index (χ0n) is 15.0. The lowest BCUT2D eigenvalue weighted by Gasteiger charge is -2.38. The summed E-state index contributed by atoms with van der Waals surface area (Å²) >= 11 is 6.17. The molecule has 1 aromatic rings. The Kier molecular flexibility index (Phi) is 8.59. The van der Waals surface area contributed by atoms with Gasteiger partial charge in [-0.15, -0.1) is 0 Å². The van der Waals surface area contributed by atoms with Crippen LogP contribution in [0, 0.1) is 6.92 Å². The molecule has 2 rings (SSSR count). The average Bonchev–Trinajstić information content (AvgIpc) is 2.57. The third-order valence-corrected chi connectivity index (χ3v) is 4.47. The number of aryl methyl sites for hydroxylation is 1. The molecule has 0 aliphatic carbocycles. The summed E-state index contributed by atoms with van der Waals surface area (Å²) in [6.45, 7) is 10.1. The molecule has 0 radical (unpaired) electrons. The van der Waals surface area contributed by atoms with Crippen molar-refractivity contribution in [3.63, 3.8) is 0 Å². The molecule has 130 valence electrons. The monoisotopic (exact) mass is 339 g/mol. The Hall–Kier alpha value is -1.10. The molecule has 1 amide bonds. The number of benzene rings is 1. The standard InChI is InChI=1S/C16H24ClN3O.C2H6/c1-12-4-5-13(17)10-14(12)15(11-16(21)18-2)20-8-6-19(3)7-9-20;1-2/h4-5,10,15H,6-9,11H2,1-3H3,(H,18,21);1-2H3. The van der Waals surface area contributed by atoms with Crippen LogP contribution in [0.5, 0.6) is 0 Å². The molecule has 1 atom stereocenters. The Balaban J connectivity index is 0.00000127. The van der Waals surface area contributed by atoms with Gasteiger partial charge in [-0.05, 0) is 37.2 Å². The summed E-state index contributed by atoms with van der Waals surface area (Å²) in [4.78, 5) is 16.6. The van der Waals surface area contributed by atoms with E-state index in [9.17, 15) is 4.79 Å². The van der Waals surface area contributed by atoms with E-state index in [1.54, 1.807) is 7.05 Å². The van der Waals surface area contributed by atoms with Gasteiger partial charge in [-0.25, -0.2) is 0 Å². The molecule has 0 bridgehead atoms. The van der Waals surface area contributed by atoms with Gasteiger partial charge in [0, 0.05) is 50.7 Å². The number of piperazine rings is 1. The predicted octanol–water partition coefficient (Wildman–Crippen LogP) is 3.10. The molecule has 0 aromatic heterocycles. The van der Waals surface area contributed by atoms with Gasteiger partial charge in [0.2, 0.25) is 5.91 Å². The second kappa shape index (κ2) is 9.91. The first kappa shape index (κ1) is 19.9. The maximum absolute atomic E-state index is 11.9. The van der Waals surface area contributed by atoms with Crippen molar-refractivity contribution in [3.8, 4) is 0 Å². The second-order valence-corrected chi connectivity index (χ2v) is 6.17. The lowest BCUT2D eigenvalue weighted by atomic mass is 9.96. The van der Waals surface area contributed by atoms with E-state index in [-0.39, 0.29) is 11.9 Å². The van der Waals surface area contributed by atoms with Gasteiger partial charge in [0.05, 0.1) is 0 Å². The van der Waals surface area contributed by atoms with Crippen molar-refractivity contribution < 1.29 is 4.79 Å². The number of carbonyl (C=O) groups is 1. The lowest BCUT2D eigenvalue weighted by molar-refractivity contribution is -0.122. The van der Waals surface area contributed by atoms with Crippen molar-refractivity contribution in [3.05, 3.63) is 34.3 Å². The van der Waals surface area contributed by atoms with Gasteiger partial charge >= 0.3 is 0 Å². The van der Waals surface area contributed by atoms with Crippen molar-refractivity contribution >= 4 is 17.5 Å². The van der Waals surface area contributed by atoms with Crippen molar-refractivity contribution in [1.29, 1.82) is 0 Å². The number of likely N-dealkylation sites (N-methyl/N-ethyl adjacent to an activating group) is 1. The van der Waals surface area contributed by atoms with E-state index in [0.717, 1.165) is 36.8 Å². The molecular weight excluding hydrogens is 310 g/mol. The van der Waals surface area contributed by atoms with E-state index in [1.807, 2.05) is 32.0 Å². The maximum atomic E-state index is 11.9. The fraction of sp³-hybridized carbons (Fsp3) is 0.611. The number of rotatable bonds is 4. The summed E-state index contributed by atoms with van der Waals surface area (Å²) < 4.78 is 0. The Bertz CT molecular complexity index is 499. The van der Waals surface area contributed by atoms with Crippen molar-refractivity contribution in [2.24, 2.45) is 0 Å². The molecule has 1 unspecified atom stereocenters. The Morgan fingerprint density at radius 3 is 2.43 bits per heavy atom. The van der Waals surface area contributed by atoms with Crippen LogP contribution in [0.1, 0.15) is 37.4 Å². The third-order valence-electron chi connectivity index (χ3n) is 4.24. The zero-order chi connectivity index (χ0) is 17.4. The highest BCUT2D eigenvalue weighted by molar-refractivity contribution is 6.30. The van der Waals surface area contributed by atoms with Crippen LogP contribution < -0.4 is 5.32 Å². The van der Waals surface area contributed by atoms with Gasteiger partial charge in [0.1, 0.15) is 0 Å². The van der Waals surface area contributed by atoms with Crippen LogP contribution in [0.25, 0.3) is 0 Å². The van der Waals surface area contributed by atoms with Crippen LogP contribution in [-0.4, -0.2) is 56.0 Å². The second-order valence-electron chi connectivity index (χ2n) is 5.73. The molecule has 1 fully saturated rings. The topological polar surface area (TPSA) is 35.6 Å². The number of halogens is 1. The van der Waals surface area contributed by atoms with Crippen molar-refractivity contribution in [2.75, 3.05) is 40.3 Å². The number of nitrogens with zero attached hydrogens (tertiary/aromatic N) is 2. The third kappa shape index (κ3) is 5.79. The highest BCUT2D eigenvalue weighted by atomic mass is 35.5. The van der Waals surface area contributed by atoms with Gasteiger partial charge in [-0.2, -0.15) is 0 Å². The number of hydrogen-bond donors (Lipinski definition) is 1. The van der Waals surface area contributed by atoms with Gasteiger partial charge in [-0.1, -0.05) is 31.5 Å². The summed E-state index contributed by atoms with van der Waals surface area (Å²) in [5.74, 6) is 0.0679. The smallest absolute Gasteiger partial charge is 0.221 e. The zero-order valence-corrected chi connectivity index (χ0v) is 15.8. The molecule has 0 spiro atoms. The average molecular weight is 340 g/mol. The molecule has 5 heteroatoms. The van der Waals surface area contributed by atoms with E-state index < -0.39 is 0 Å². The molecule has 4 nitrogen and oxygen atoms in total. The van der Waals surface area contributed by atoms with Crippen LogP contribution in [0.2, 0.25) is 5.02 Å². The molecule has 1 heterocycles. The normalized spacial score (nSPS) is 17.1. The lowest BCUT2D eigenvalue weighted by Crippen LogP contribution is -2.46. The molecule has 1 aliphatic heterocycles. The van der Waals surface area contributed by atoms with Gasteiger partial charge in [0.15, 0.2) is 0 Å². The molecular formula is C18H30ClN3O. The maximum Gasteiger partial charge on any atom is 0.221 e. The summed E-state index contributed by atoms with van der Waals surface area (Å²) in [6.07, 6.45) is 0.474.